The smallest absolute Gasteiger partial charge is 0.0436 e. The van der Waals surface area contributed by atoms with Gasteiger partial charge in [0.15, 0.2) is 0 Å². The standard InChI is InChI=1S/C30H31N/c1-21-19-26(22-15-17-25(18-16-22)30(2,3)4)29(31)27(20-21)28(23-11-7-5-8-12-23)24-13-9-6-10-14-24/h5-20,28H,31H2,1-4H3. The molecule has 0 amide bonds. The molecule has 4 aromatic rings. The highest BCUT2D eigenvalue weighted by atomic mass is 14.6. The average molecular weight is 406 g/mol. The third-order valence-corrected chi connectivity index (χ3v) is 6.00. The second-order valence-electron chi connectivity index (χ2n) is 9.40. The van der Waals surface area contributed by atoms with Gasteiger partial charge in [0.25, 0.3) is 0 Å². The van der Waals surface area contributed by atoms with Crippen LogP contribution in [-0.4, -0.2) is 0 Å². The molecule has 0 saturated heterocycles. The van der Waals surface area contributed by atoms with Gasteiger partial charge in [-0.3, -0.25) is 0 Å². The molecule has 156 valence electrons. The van der Waals surface area contributed by atoms with Crippen LogP contribution in [0.5, 0.6) is 0 Å². The number of aryl methyl sites for hydroxylation is 1. The summed E-state index contributed by atoms with van der Waals surface area (Å²) in [5.74, 6) is 0.0925. The van der Waals surface area contributed by atoms with Crippen LogP contribution < -0.4 is 5.73 Å². The van der Waals surface area contributed by atoms with E-state index in [9.17, 15) is 0 Å². The lowest BCUT2D eigenvalue weighted by molar-refractivity contribution is 0.590. The van der Waals surface area contributed by atoms with E-state index in [0.29, 0.717) is 0 Å². The highest BCUT2D eigenvalue weighted by Crippen LogP contribution is 2.40. The SMILES string of the molecule is Cc1cc(-c2ccc(C(C)(C)C)cc2)c(N)c(C(c2ccccc2)c2ccccc2)c1. The number of hydrogen-bond donors (Lipinski definition) is 1. The summed E-state index contributed by atoms with van der Waals surface area (Å²) in [6.45, 7) is 8.88. The molecule has 0 unspecified atom stereocenters. The fraction of sp³-hybridized carbons (Fsp3) is 0.200. The van der Waals surface area contributed by atoms with E-state index in [-0.39, 0.29) is 11.3 Å². The summed E-state index contributed by atoms with van der Waals surface area (Å²) in [6.07, 6.45) is 0. The lowest BCUT2D eigenvalue weighted by atomic mass is 9.81. The number of nitrogens with two attached hydrogens (primary N) is 1. The molecule has 31 heavy (non-hydrogen) atoms. The van der Waals surface area contributed by atoms with Gasteiger partial charge in [0.05, 0.1) is 0 Å². The van der Waals surface area contributed by atoms with Crippen LogP contribution in [0.2, 0.25) is 0 Å². The van der Waals surface area contributed by atoms with E-state index in [2.05, 4.69) is 125 Å². The van der Waals surface area contributed by atoms with Crippen LogP contribution in [0, 0.1) is 6.92 Å². The molecule has 2 N–H and O–H groups in total. The summed E-state index contributed by atoms with van der Waals surface area (Å²) in [6, 6.07) is 34.6. The monoisotopic (exact) mass is 405 g/mol. The fourth-order valence-corrected chi connectivity index (χ4v) is 4.30. The molecule has 0 radical (unpaired) electrons. The van der Waals surface area contributed by atoms with Gasteiger partial charge < -0.3 is 5.73 Å². The van der Waals surface area contributed by atoms with Gasteiger partial charge in [-0.2, -0.15) is 0 Å². The molecule has 0 atom stereocenters. The average Bonchev–Trinajstić information content (AvgIpc) is 2.77. The van der Waals surface area contributed by atoms with Gasteiger partial charge in [-0.15, -0.1) is 0 Å². The van der Waals surface area contributed by atoms with Gasteiger partial charge in [0.1, 0.15) is 0 Å². The van der Waals surface area contributed by atoms with E-state index in [0.717, 1.165) is 22.4 Å². The molecular formula is C30H31N. The minimum atomic E-state index is 0.0925. The molecule has 4 rings (SSSR count). The molecule has 0 bridgehead atoms. The quantitative estimate of drug-likeness (QED) is 0.273. The summed E-state index contributed by atoms with van der Waals surface area (Å²) in [5, 5.41) is 0. The molecule has 0 fully saturated rings. The molecule has 0 aromatic heterocycles. The summed E-state index contributed by atoms with van der Waals surface area (Å²) in [4.78, 5) is 0. The Hall–Kier alpha value is -3.32. The first-order valence-corrected chi connectivity index (χ1v) is 11.0. The summed E-state index contributed by atoms with van der Waals surface area (Å²) < 4.78 is 0. The van der Waals surface area contributed by atoms with Crippen molar-refractivity contribution >= 4 is 5.69 Å². The van der Waals surface area contributed by atoms with Gasteiger partial charge in [-0.1, -0.05) is 117 Å². The van der Waals surface area contributed by atoms with Crippen LogP contribution in [0.3, 0.4) is 0 Å². The van der Waals surface area contributed by atoms with Crippen LogP contribution in [0.1, 0.15) is 54.5 Å². The van der Waals surface area contributed by atoms with Gasteiger partial charge in [0, 0.05) is 17.2 Å². The maximum absolute atomic E-state index is 6.88. The minimum absolute atomic E-state index is 0.0925. The highest BCUT2D eigenvalue weighted by Gasteiger charge is 2.22. The Morgan fingerprint density at radius 1 is 0.677 bits per heavy atom. The largest absolute Gasteiger partial charge is 0.398 e. The number of rotatable bonds is 4. The lowest BCUT2D eigenvalue weighted by Crippen LogP contribution is -2.10. The van der Waals surface area contributed by atoms with E-state index in [4.69, 9.17) is 5.73 Å². The molecule has 0 aliphatic heterocycles. The summed E-state index contributed by atoms with van der Waals surface area (Å²) in [7, 11) is 0. The Bertz CT molecular complexity index is 1110. The van der Waals surface area contributed by atoms with Gasteiger partial charge in [-0.05, 0) is 46.2 Å². The normalized spacial score (nSPS) is 11.6. The van der Waals surface area contributed by atoms with Crippen LogP contribution in [0.4, 0.5) is 5.69 Å². The maximum Gasteiger partial charge on any atom is 0.0436 e. The Kier molecular flexibility index (Phi) is 5.69. The van der Waals surface area contributed by atoms with Crippen molar-refractivity contribution in [2.45, 2.75) is 39.0 Å². The second kappa shape index (κ2) is 8.43. The minimum Gasteiger partial charge on any atom is -0.398 e. The van der Waals surface area contributed by atoms with Crippen LogP contribution in [0.15, 0.2) is 97.1 Å². The van der Waals surface area contributed by atoms with Crippen molar-refractivity contribution in [3.63, 3.8) is 0 Å². The summed E-state index contributed by atoms with van der Waals surface area (Å²) >= 11 is 0. The number of anilines is 1. The summed E-state index contributed by atoms with van der Waals surface area (Å²) in [5.41, 5.74) is 16.3. The molecule has 0 aliphatic carbocycles. The van der Waals surface area contributed by atoms with Crippen molar-refractivity contribution in [3.8, 4) is 11.1 Å². The molecule has 4 aromatic carbocycles. The van der Waals surface area contributed by atoms with E-state index in [1.54, 1.807) is 0 Å². The predicted octanol–water partition coefficient (Wildman–Crippen LogP) is 7.72. The van der Waals surface area contributed by atoms with E-state index in [1.807, 2.05) is 0 Å². The first kappa shape index (κ1) is 20.9. The zero-order valence-electron chi connectivity index (χ0n) is 18.9. The van der Waals surface area contributed by atoms with E-state index < -0.39 is 0 Å². The second-order valence-corrected chi connectivity index (χ2v) is 9.40. The molecule has 0 aliphatic rings. The van der Waals surface area contributed by atoms with Crippen molar-refractivity contribution in [1.82, 2.24) is 0 Å². The van der Waals surface area contributed by atoms with Crippen molar-refractivity contribution in [2.75, 3.05) is 5.73 Å². The van der Waals surface area contributed by atoms with Gasteiger partial charge in [0.2, 0.25) is 0 Å². The number of nitrogen functional groups attached to an aromatic ring is 1. The molecular weight excluding hydrogens is 374 g/mol. The predicted molar refractivity (Wildman–Crippen MR) is 134 cm³/mol. The Balaban J connectivity index is 1.88. The molecule has 0 saturated carbocycles. The topological polar surface area (TPSA) is 26.0 Å². The van der Waals surface area contributed by atoms with E-state index in [1.165, 1.54) is 22.3 Å². The van der Waals surface area contributed by atoms with Crippen molar-refractivity contribution < 1.29 is 0 Å². The third kappa shape index (κ3) is 4.41. The van der Waals surface area contributed by atoms with Gasteiger partial charge >= 0.3 is 0 Å². The Labute approximate surface area is 186 Å². The number of benzene rings is 4. The lowest BCUT2D eigenvalue weighted by Gasteiger charge is -2.23. The zero-order chi connectivity index (χ0) is 22.0. The van der Waals surface area contributed by atoms with Crippen molar-refractivity contribution in [2.24, 2.45) is 0 Å². The maximum atomic E-state index is 6.88. The fourth-order valence-electron chi connectivity index (χ4n) is 4.30. The van der Waals surface area contributed by atoms with Crippen LogP contribution in [0.25, 0.3) is 11.1 Å². The Morgan fingerprint density at radius 3 is 1.68 bits per heavy atom. The molecule has 0 heterocycles. The van der Waals surface area contributed by atoms with Crippen LogP contribution in [-0.2, 0) is 5.41 Å². The zero-order valence-corrected chi connectivity index (χ0v) is 18.9. The number of hydrogen-bond acceptors (Lipinski definition) is 1. The van der Waals surface area contributed by atoms with Crippen molar-refractivity contribution in [3.05, 3.63) is 125 Å². The van der Waals surface area contributed by atoms with Crippen LogP contribution >= 0.6 is 0 Å². The highest BCUT2D eigenvalue weighted by molar-refractivity contribution is 5.81. The first-order chi connectivity index (χ1) is 14.8. The van der Waals surface area contributed by atoms with Gasteiger partial charge in [-0.25, -0.2) is 0 Å². The van der Waals surface area contributed by atoms with E-state index >= 15 is 0 Å². The molecule has 0 spiro atoms. The molecule has 1 nitrogen and oxygen atoms in total. The van der Waals surface area contributed by atoms with Crippen molar-refractivity contribution in [1.29, 1.82) is 0 Å². The third-order valence-electron chi connectivity index (χ3n) is 6.00. The molecule has 1 heteroatoms. The Morgan fingerprint density at radius 2 is 1.19 bits per heavy atom. The first-order valence-electron chi connectivity index (χ1n) is 11.0.